The van der Waals surface area contributed by atoms with Crippen molar-refractivity contribution in [2.24, 2.45) is 7.05 Å². The van der Waals surface area contributed by atoms with Crippen molar-refractivity contribution in [1.82, 2.24) is 14.7 Å². The monoisotopic (exact) mass is 275 g/mol. The molecule has 1 rings (SSSR count). The fourth-order valence-corrected chi connectivity index (χ4v) is 1.89. The predicted molar refractivity (Wildman–Crippen MR) is 64.2 cm³/mol. The normalized spacial score (nSPS) is 11.2. The van der Waals surface area contributed by atoms with Gasteiger partial charge in [-0.2, -0.15) is 5.10 Å². The molecule has 0 bridgehead atoms. The number of ether oxygens (including phenoxy) is 1. The van der Waals surface area contributed by atoms with Crippen molar-refractivity contribution in [1.29, 1.82) is 0 Å². The Bertz CT molecular complexity index is 277. The Morgan fingerprint density at radius 1 is 1.53 bits per heavy atom. The van der Waals surface area contributed by atoms with E-state index in [0.717, 1.165) is 37.3 Å². The number of nitrogens with zero attached hydrogens (tertiary/aromatic N) is 3. The summed E-state index contributed by atoms with van der Waals surface area (Å²) in [5.74, 6) is 0. The molecule has 15 heavy (non-hydrogen) atoms. The Labute approximate surface area is 99.3 Å². The second kappa shape index (κ2) is 6.98. The first-order chi connectivity index (χ1) is 7.26. The lowest BCUT2D eigenvalue weighted by atomic mass is 10.4. The molecular weight excluding hydrogens is 258 g/mol. The van der Waals surface area contributed by atoms with E-state index in [0.29, 0.717) is 0 Å². The van der Waals surface area contributed by atoms with Gasteiger partial charge in [-0.15, -0.1) is 0 Å². The van der Waals surface area contributed by atoms with Crippen LogP contribution in [0.4, 0.5) is 0 Å². The molecule has 1 aromatic heterocycles. The van der Waals surface area contributed by atoms with E-state index in [-0.39, 0.29) is 0 Å². The van der Waals surface area contributed by atoms with E-state index >= 15 is 0 Å². The summed E-state index contributed by atoms with van der Waals surface area (Å²) in [6.07, 6.45) is 1.97. The van der Waals surface area contributed by atoms with Gasteiger partial charge in [0.05, 0.1) is 12.3 Å². The summed E-state index contributed by atoms with van der Waals surface area (Å²) >= 11 is 3.45. The average Bonchev–Trinajstić information content (AvgIpc) is 2.61. The largest absolute Gasteiger partial charge is 0.383 e. The first-order valence-electron chi connectivity index (χ1n) is 5.02. The van der Waals surface area contributed by atoms with Crippen LogP contribution in [0.1, 0.15) is 5.69 Å². The maximum absolute atomic E-state index is 5.08. The van der Waals surface area contributed by atoms with Gasteiger partial charge >= 0.3 is 0 Å². The van der Waals surface area contributed by atoms with Crippen molar-refractivity contribution in [3.63, 3.8) is 0 Å². The van der Waals surface area contributed by atoms with E-state index in [2.05, 4.69) is 25.9 Å². The van der Waals surface area contributed by atoms with E-state index in [1.54, 1.807) is 7.11 Å². The van der Waals surface area contributed by atoms with E-state index in [9.17, 15) is 0 Å². The minimum Gasteiger partial charge on any atom is -0.383 e. The van der Waals surface area contributed by atoms with Crippen molar-refractivity contribution in [2.75, 3.05) is 32.1 Å². The summed E-state index contributed by atoms with van der Waals surface area (Å²) in [5.41, 5.74) is 1.11. The molecule has 1 aromatic rings. The van der Waals surface area contributed by atoms with Gasteiger partial charge in [-0.05, 0) is 6.07 Å². The second-order valence-electron chi connectivity index (χ2n) is 3.44. The molecule has 0 saturated heterocycles. The number of hydrogen-bond acceptors (Lipinski definition) is 3. The van der Waals surface area contributed by atoms with Gasteiger partial charge in [-0.25, -0.2) is 0 Å². The summed E-state index contributed by atoms with van der Waals surface area (Å²) < 4.78 is 6.91. The number of methoxy groups -OCH3 is 1. The van der Waals surface area contributed by atoms with Crippen LogP contribution in [0, 0.1) is 0 Å². The molecule has 86 valence electrons. The van der Waals surface area contributed by atoms with Crippen LogP contribution >= 0.6 is 15.9 Å². The number of hydrogen-bond donors (Lipinski definition) is 0. The fourth-order valence-electron chi connectivity index (χ4n) is 1.39. The molecule has 0 fully saturated rings. The summed E-state index contributed by atoms with van der Waals surface area (Å²) in [5, 5.41) is 5.34. The molecule has 0 aliphatic heterocycles. The topological polar surface area (TPSA) is 30.3 Å². The smallest absolute Gasteiger partial charge is 0.0764 e. The molecule has 1 heterocycles. The summed E-state index contributed by atoms with van der Waals surface area (Å²) in [6, 6.07) is 2.05. The number of aromatic nitrogens is 2. The zero-order chi connectivity index (χ0) is 11.1. The molecule has 0 unspecified atom stereocenters. The molecule has 5 heteroatoms. The molecule has 4 nitrogen and oxygen atoms in total. The van der Waals surface area contributed by atoms with Gasteiger partial charge in [0, 0.05) is 45.3 Å². The van der Waals surface area contributed by atoms with Crippen molar-refractivity contribution < 1.29 is 4.74 Å². The van der Waals surface area contributed by atoms with Gasteiger partial charge in [0.15, 0.2) is 0 Å². The molecule has 0 radical (unpaired) electrons. The molecule has 0 aromatic carbocycles. The van der Waals surface area contributed by atoms with Gasteiger partial charge in [-0.3, -0.25) is 9.58 Å². The summed E-state index contributed by atoms with van der Waals surface area (Å²) in [4.78, 5) is 2.32. The van der Waals surface area contributed by atoms with Gasteiger partial charge < -0.3 is 4.74 Å². The van der Waals surface area contributed by atoms with Crippen LogP contribution in [-0.2, 0) is 18.3 Å². The Morgan fingerprint density at radius 3 is 2.87 bits per heavy atom. The molecule has 0 saturated carbocycles. The molecule has 0 amide bonds. The lowest BCUT2D eigenvalue weighted by molar-refractivity contribution is 0.147. The highest BCUT2D eigenvalue weighted by Gasteiger charge is 2.06. The first kappa shape index (κ1) is 12.7. The number of rotatable bonds is 7. The SMILES string of the molecule is COCCN(CCBr)Cc1ccn(C)n1. The van der Waals surface area contributed by atoms with Gasteiger partial charge in [0.2, 0.25) is 0 Å². The van der Waals surface area contributed by atoms with Crippen molar-refractivity contribution >= 4 is 15.9 Å². The van der Waals surface area contributed by atoms with Gasteiger partial charge in [-0.1, -0.05) is 15.9 Å². The highest BCUT2D eigenvalue weighted by molar-refractivity contribution is 9.09. The summed E-state index contributed by atoms with van der Waals surface area (Å²) in [7, 11) is 3.67. The Hall–Kier alpha value is -0.390. The van der Waals surface area contributed by atoms with E-state index in [1.165, 1.54) is 0 Å². The minimum absolute atomic E-state index is 0.764. The highest BCUT2D eigenvalue weighted by atomic mass is 79.9. The highest BCUT2D eigenvalue weighted by Crippen LogP contribution is 2.02. The third-order valence-electron chi connectivity index (χ3n) is 2.17. The zero-order valence-electron chi connectivity index (χ0n) is 9.32. The Balaban J connectivity index is 2.42. The zero-order valence-corrected chi connectivity index (χ0v) is 10.9. The number of halogens is 1. The van der Waals surface area contributed by atoms with Crippen LogP contribution in [0.15, 0.2) is 12.3 Å². The second-order valence-corrected chi connectivity index (χ2v) is 4.23. The third kappa shape index (κ3) is 4.77. The molecule has 0 spiro atoms. The predicted octanol–water partition coefficient (Wildman–Crippen LogP) is 1.26. The quantitative estimate of drug-likeness (QED) is 0.702. The van der Waals surface area contributed by atoms with Gasteiger partial charge in [0.1, 0.15) is 0 Å². The van der Waals surface area contributed by atoms with Crippen molar-refractivity contribution in [2.45, 2.75) is 6.54 Å². The van der Waals surface area contributed by atoms with E-state index in [4.69, 9.17) is 4.74 Å². The minimum atomic E-state index is 0.764. The molecule has 0 atom stereocenters. The Kier molecular flexibility index (Phi) is 5.90. The van der Waals surface area contributed by atoms with Crippen LogP contribution < -0.4 is 0 Å². The summed E-state index contributed by atoms with van der Waals surface area (Å²) in [6.45, 7) is 3.61. The van der Waals surface area contributed by atoms with Crippen LogP contribution in [-0.4, -0.2) is 46.8 Å². The van der Waals surface area contributed by atoms with Crippen LogP contribution in [0.3, 0.4) is 0 Å². The molecule has 0 N–H and O–H groups in total. The molecule has 0 aliphatic rings. The lowest BCUT2D eigenvalue weighted by Gasteiger charge is -2.19. The number of alkyl halides is 1. The van der Waals surface area contributed by atoms with E-state index in [1.807, 2.05) is 24.0 Å². The van der Waals surface area contributed by atoms with Crippen LogP contribution in [0.25, 0.3) is 0 Å². The third-order valence-corrected chi connectivity index (χ3v) is 2.52. The Morgan fingerprint density at radius 2 is 2.33 bits per heavy atom. The van der Waals surface area contributed by atoms with Gasteiger partial charge in [0.25, 0.3) is 0 Å². The van der Waals surface area contributed by atoms with Crippen molar-refractivity contribution in [3.05, 3.63) is 18.0 Å². The maximum Gasteiger partial charge on any atom is 0.0764 e. The fraction of sp³-hybridized carbons (Fsp3) is 0.700. The number of aryl methyl sites for hydroxylation is 1. The van der Waals surface area contributed by atoms with Crippen LogP contribution in [0.5, 0.6) is 0 Å². The first-order valence-corrected chi connectivity index (χ1v) is 6.14. The van der Waals surface area contributed by atoms with Crippen LogP contribution in [0.2, 0.25) is 0 Å². The average molecular weight is 276 g/mol. The maximum atomic E-state index is 5.08. The molecule has 0 aliphatic carbocycles. The van der Waals surface area contributed by atoms with Crippen molar-refractivity contribution in [3.8, 4) is 0 Å². The lowest BCUT2D eigenvalue weighted by Crippen LogP contribution is -2.29. The van der Waals surface area contributed by atoms with E-state index < -0.39 is 0 Å². The standard InChI is InChI=1S/C10H18BrN3O/c1-13-5-3-10(12-13)9-14(6-4-11)7-8-15-2/h3,5H,4,6-9H2,1-2H3. The molecular formula is C10H18BrN3O.